The van der Waals surface area contributed by atoms with E-state index in [0.29, 0.717) is 19.1 Å². The van der Waals surface area contributed by atoms with Crippen molar-refractivity contribution in [2.45, 2.75) is 26.4 Å². The fourth-order valence-electron chi connectivity index (χ4n) is 2.12. The van der Waals surface area contributed by atoms with Gasteiger partial charge >= 0.3 is 0 Å². The van der Waals surface area contributed by atoms with Gasteiger partial charge in [0.25, 0.3) is 0 Å². The quantitative estimate of drug-likeness (QED) is 0.786. The van der Waals surface area contributed by atoms with E-state index in [2.05, 4.69) is 43.4 Å². The lowest BCUT2D eigenvalue weighted by Crippen LogP contribution is -2.31. The maximum Gasteiger partial charge on any atom is 0.0789 e. The molecule has 1 aliphatic heterocycles. The minimum Gasteiger partial charge on any atom is -0.382 e. The summed E-state index contributed by atoms with van der Waals surface area (Å²) in [6, 6.07) is 8.42. The van der Waals surface area contributed by atoms with Crippen molar-refractivity contribution in [3.05, 3.63) is 29.8 Å². The second kappa shape index (κ2) is 6.76. The maximum absolute atomic E-state index is 5.83. The lowest BCUT2D eigenvalue weighted by Gasteiger charge is -2.26. The first kappa shape index (κ1) is 13.4. The van der Waals surface area contributed by atoms with E-state index in [9.17, 15) is 0 Å². The molecule has 1 atom stereocenters. The lowest BCUT2D eigenvalue weighted by atomic mass is 10.0. The first-order chi connectivity index (χ1) is 8.75. The summed E-state index contributed by atoms with van der Waals surface area (Å²) in [5.41, 5.74) is 2.59. The van der Waals surface area contributed by atoms with Gasteiger partial charge in [-0.15, -0.1) is 0 Å². The standard InChI is InChI=1S/C15H23NO2/c1-12(2)11-17-7-8-18-14-9-13-5-3-4-6-15(13)16-10-14/h3-6,12,14,16H,7-11H2,1-2H3. The first-order valence-electron chi connectivity index (χ1n) is 6.77. The average molecular weight is 249 g/mol. The molecule has 1 aromatic carbocycles. The van der Waals surface area contributed by atoms with Gasteiger partial charge in [0.1, 0.15) is 0 Å². The zero-order valence-corrected chi connectivity index (χ0v) is 11.3. The van der Waals surface area contributed by atoms with Crippen LogP contribution < -0.4 is 5.32 Å². The third-order valence-corrected chi connectivity index (χ3v) is 3.02. The smallest absolute Gasteiger partial charge is 0.0789 e. The number of hydrogen-bond acceptors (Lipinski definition) is 3. The van der Waals surface area contributed by atoms with Crippen LogP contribution >= 0.6 is 0 Å². The normalized spacial score (nSPS) is 18.5. The van der Waals surface area contributed by atoms with E-state index in [4.69, 9.17) is 9.47 Å². The van der Waals surface area contributed by atoms with Gasteiger partial charge in [-0.25, -0.2) is 0 Å². The number of ether oxygens (including phenoxy) is 2. The third kappa shape index (κ3) is 4.00. The van der Waals surface area contributed by atoms with Crippen molar-refractivity contribution >= 4 is 5.69 Å². The monoisotopic (exact) mass is 249 g/mol. The third-order valence-electron chi connectivity index (χ3n) is 3.02. The predicted octanol–water partition coefficient (Wildman–Crippen LogP) is 2.71. The van der Waals surface area contributed by atoms with Gasteiger partial charge in [-0.1, -0.05) is 32.0 Å². The Balaban J connectivity index is 1.67. The van der Waals surface area contributed by atoms with E-state index in [0.717, 1.165) is 19.6 Å². The summed E-state index contributed by atoms with van der Waals surface area (Å²) < 4.78 is 11.3. The van der Waals surface area contributed by atoms with E-state index >= 15 is 0 Å². The Morgan fingerprint density at radius 2 is 2.11 bits per heavy atom. The summed E-state index contributed by atoms with van der Waals surface area (Å²) in [4.78, 5) is 0. The van der Waals surface area contributed by atoms with Crippen LogP contribution in [0.4, 0.5) is 5.69 Å². The van der Waals surface area contributed by atoms with Crippen molar-refractivity contribution in [3.63, 3.8) is 0 Å². The summed E-state index contributed by atoms with van der Waals surface area (Å²) in [7, 11) is 0. The molecule has 0 aliphatic carbocycles. The van der Waals surface area contributed by atoms with Crippen LogP contribution in [0.1, 0.15) is 19.4 Å². The van der Waals surface area contributed by atoms with Gasteiger partial charge in [-0.2, -0.15) is 0 Å². The number of anilines is 1. The molecule has 1 unspecified atom stereocenters. The number of para-hydroxylation sites is 1. The number of nitrogens with one attached hydrogen (secondary N) is 1. The van der Waals surface area contributed by atoms with Gasteiger partial charge in [0.15, 0.2) is 0 Å². The Morgan fingerprint density at radius 1 is 1.28 bits per heavy atom. The van der Waals surface area contributed by atoms with Gasteiger partial charge in [-0.05, 0) is 17.5 Å². The Kier molecular flexibility index (Phi) is 5.02. The minimum absolute atomic E-state index is 0.266. The molecule has 18 heavy (non-hydrogen) atoms. The highest BCUT2D eigenvalue weighted by molar-refractivity contribution is 5.53. The lowest BCUT2D eigenvalue weighted by molar-refractivity contribution is 0.00350. The second-order valence-corrected chi connectivity index (χ2v) is 5.20. The predicted molar refractivity (Wildman–Crippen MR) is 74.0 cm³/mol. The molecule has 0 radical (unpaired) electrons. The summed E-state index contributed by atoms with van der Waals surface area (Å²) in [5, 5.41) is 3.41. The highest BCUT2D eigenvalue weighted by Crippen LogP contribution is 2.22. The molecule has 0 aromatic heterocycles. The Hall–Kier alpha value is -1.06. The fraction of sp³-hybridized carbons (Fsp3) is 0.600. The molecular formula is C15H23NO2. The van der Waals surface area contributed by atoms with Crippen molar-refractivity contribution in [2.75, 3.05) is 31.7 Å². The van der Waals surface area contributed by atoms with Crippen molar-refractivity contribution in [3.8, 4) is 0 Å². The molecule has 0 saturated heterocycles. The van der Waals surface area contributed by atoms with Crippen LogP contribution in [0.5, 0.6) is 0 Å². The van der Waals surface area contributed by atoms with Gasteiger partial charge in [-0.3, -0.25) is 0 Å². The highest BCUT2D eigenvalue weighted by atomic mass is 16.5. The van der Waals surface area contributed by atoms with E-state index in [1.807, 2.05) is 0 Å². The van der Waals surface area contributed by atoms with Crippen LogP contribution in [0.25, 0.3) is 0 Å². The van der Waals surface area contributed by atoms with Gasteiger partial charge < -0.3 is 14.8 Å². The molecule has 3 nitrogen and oxygen atoms in total. The summed E-state index contributed by atoms with van der Waals surface area (Å²) in [6.07, 6.45) is 1.26. The molecule has 1 aromatic rings. The van der Waals surface area contributed by atoms with E-state index in [1.165, 1.54) is 11.3 Å². The van der Waals surface area contributed by atoms with E-state index in [1.54, 1.807) is 0 Å². The SMILES string of the molecule is CC(C)COCCOC1CNc2ccccc2C1. The van der Waals surface area contributed by atoms with Crippen LogP contribution in [0.3, 0.4) is 0 Å². The summed E-state index contributed by atoms with van der Waals surface area (Å²) in [5.74, 6) is 0.591. The average Bonchev–Trinajstić information content (AvgIpc) is 2.38. The van der Waals surface area contributed by atoms with E-state index in [-0.39, 0.29) is 6.10 Å². The molecule has 0 amide bonds. The fourth-order valence-corrected chi connectivity index (χ4v) is 2.12. The van der Waals surface area contributed by atoms with Crippen molar-refractivity contribution in [2.24, 2.45) is 5.92 Å². The Labute approximate surface area is 109 Å². The molecule has 3 heteroatoms. The zero-order chi connectivity index (χ0) is 12.8. The molecule has 0 saturated carbocycles. The second-order valence-electron chi connectivity index (χ2n) is 5.20. The molecule has 1 aliphatic rings. The molecule has 1 heterocycles. The molecule has 2 rings (SSSR count). The van der Waals surface area contributed by atoms with Crippen molar-refractivity contribution < 1.29 is 9.47 Å². The number of hydrogen-bond donors (Lipinski definition) is 1. The topological polar surface area (TPSA) is 30.5 Å². The summed E-state index contributed by atoms with van der Waals surface area (Å²) >= 11 is 0. The Bertz CT molecular complexity index is 365. The van der Waals surface area contributed by atoms with Crippen LogP contribution in [0.2, 0.25) is 0 Å². The van der Waals surface area contributed by atoms with Gasteiger partial charge in [0, 0.05) is 25.3 Å². The van der Waals surface area contributed by atoms with E-state index < -0.39 is 0 Å². The van der Waals surface area contributed by atoms with Crippen molar-refractivity contribution in [1.82, 2.24) is 0 Å². The van der Waals surface area contributed by atoms with Crippen LogP contribution in [-0.2, 0) is 15.9 Å². The van der Waals surface area contributed by atoms with Crippen LogP contribution in [0, 0.1) is 5.92 Å². The van der Waals surface area contributed by atoms with Crippen LogP contribution in [0.15, 0.2) is 24.3 Å². The van der Waals surface area contributed by atoms with Gasteiger partial charge in [0.05, 0.1) is 19.3 Å². The summed E-state index contributed by atoms with van der Waals surface area (Å²) in [6.45, 7) is 7.39. The number of rotatable bonds is 6. The zero-order valence-electron chi connectivity index (χ0n) is 11.3. The minimum atomic E-state index is 0.266. The molecule has 0 spiro atoms. The molecule has 0 bridgehead atoms. The van der Waals surface area contributed by atoms with Crippen molar-refractivity contribution in [1.29, 1.82) is 0 Å². The Morgan fingerprint density at radius 3 is 2.94 bits per heavy atom. The molecule has 1 N–H and O–H groups in total. The van der Waals surface area contributed by atoms with Gasteiger partial charge in [0.2, 0.25) is 0 Å². The molecule has 0 fully saturated rings. The largest absolute Gasteiger partial charge is 0.382 e. The molecule has 100 valence electrons. The maximum atomic E-state index is 5.83. The molecular weight excluding hydrogens is 226 g/mol. The number of benzene rings is 1. The highest BCUT2D eigenvalue weighted by Gasteiger charge is 2.17. The number of fused-ring (bicyclic) bond motifs is 1. The van der Waals surface area contributed by atoms with Crippen LogP contribution in [-0.4, -0.2) is 32.5 Å². The first-order valence-corrected chi connectivity index (χ1v) is 6.77.